The fourth-order valence-corrected chi connectivity index (χ4v) is 4.54. The Labute approximate surface area is 196 Å². The molecule has 33 heavy (non-hydrogen) atoms. The molecule has 0 amide bonds. The van der Waals surface area contributed by atoms with E-state index in [2.05, 4.69) is 43.6 Å². The van der Waals surface area contributed by atoms with Gasteiger partial charge in [-0.3, -0.25) is 0 Å². The number of halogens is 1. The first kappa shape index (κ1) is 26.8. The van der Waals surface area contributed by atoms with Gasteiger partial charge in [-0.1, -0.05) is 27.7 Å². The highest BCUT2D eigenvalue weighted by Gasteiger charge is 2.22. The predicted octanol–water partition coefficient (Wildman–Crippen LogP) is 3.63. The van der Waals surface area contributed by atoms with Crippen LogP contribution in [-0.2, 0) is 16.6 Å². The molecule has 0 aliphatic heterocycles. The Bertz CT molecular complexity index is 1030. The number of nitriles is 1. The van der Waals surface area contributed by atoms with E-state index in [1.165, 1.54) is 33.3 Å². The first-order valence-corrected chi connectivity index (χ1v) is 12.8. The Hall–Kier alpha value is -2.48. The minimum absolute atomic E-state index is 0.174. The minimum Gasteiger partial charge on any atom is -0.382 e. The van der Waals surface area contributed by atoms with Gasteiger partial charge in [-0.2, -0.15) is 23.1 Å². The van der Waals surface area contributed by atoms with Crippen molar-refractivity contribution in [3.05, 3.63) is 41.3 Å². The second-order valence-electron chi connectivity index (χ2n) is 8.97. The highest BCUT2D eigenvalue weighted by molar-refractivity contribution is 7.87. The molecule has 0 aliphatic rings. The molecule has 3 N–H and O–H groups in total. The van der Waals surface area contributed by atoms with E-state index < -0.39 is 10.2 Å². The molecule has 2 rings (SSSR count). The molecule has 1 aromatic heterocycles. The quantitative estimate of drug-likeness (QED) is 0.426. The van der Waals surface area contributed by atoms with E-state index in [1.54, 1.807) is 0 Å². The summed E-state index contributed by atoms with van der Waals surface area (Å²) in [5, 5.41) is 13.9. The average Bonchev–Trinajstić information content (AvgIpc) is 3.06. The SMILES string of the molecule is CC(C)CCN(CCC(C)C)S(=O)(=O)NCCCc1nn(-c2ccc(F)cc2)c(N)c1C#N. The number of aryl methyl sites for hydroxylation is 1. The van der Waals surface area contributed by atoms with Crippen LogP contribution in [0.3, 0.4) is 0 Å². The van der Waals surface area contributed by atoms with Crippen molar-refractivity contribution in [3.8, 4) is 11.8 Å². The zero-order chi connectivity index (χ0) is 24.6. The van der Waals surface area contributed by atoms with Gasteiger partial charge in [-0.25, -0.2) is 13.8 Å². The Kier molecular flexibility index (Phi) is 9.83. The summed E-state index contributed by atoms with van der Waals surface area (Å²) in [6.45, 7) is 9.48. The number of anilines is 1. The van der Waals surface area contributed by atoms with Crippen molar-refractivity contribution < 1.29 is 12.8 Å². The number of nitrogens with two attached hydrogens (primary N) is 1. The van der Waals surface area contributed by atoms with Crippen molar-refractivity contribution in [3.63, 3.8) is 0 Å². The van der Waals surface area contributed by atoms with Crippen molar-refractivity contribution >= 4 is 16.0 Å². The van der Waals surface area contributed by atoms with Crippen LogP contribution in [-0.4, -0.2) is 42.1 Å². The van der Waals surface area contributed by atoms with Gasteiger partial charge in [-0.15, -0.1) is 0 Å². The lowest BCUT2D eigenvalue weighted by Gasteiger charge is -2.24. The van der Waals surface area contributed by atoms with Crippen LogP contribution in [0, 0.1) is 29.0 Å². The lowest BCUT2D eigenvalue weighted by atomic mass is 10.1. The Morgan fingerprint density at radius 2 is 1.73 bits per heavy atom. The zero-order valence-electron chi connectivity index (χ0n) is 19.9. The summed E-state index contributed by atoms with van der Waals surface area (Å²) in [5.41, 5.74) is 7.35. The monoisotopic (exact) mass is 478 g/mol. The summed E-state index contributed by atoms with van der Waals surface area (Å²) in [7, 11) is -3.60. The first-order valence-electron chi connectivity index (χ1n) is 11.3. The lowest BCUT2D eigenvalue weighted by molar-refractivity contribution is 0.352. The van der Waals surface area contributed by atoms with Gasteiger partial charge in [0.1, 0.15) is 23.3 Å². The van der Waals surface area contributed by atoms with E-state index >= 15 is 0 Å². The average molecular weight is 479 g/mol. The number of hydrogen-bond acceptors (Lipinski definition) is 5. The zero-order valence-corrected chi connectivity index (χ0v) is 20.7. The van der Waals surface area contributed by atoms with E-state index in [4.69, 9.17) is 5.73 Å². The maximum Gasteiger partial charge on any atom is 0.279 e. The van der Waals surface area contributed by atoms with Crippen molar-refractivity contribution in [1.29, 1.82) is 5.26 Å². The number of benzene rings is 1. The molecule has 0 fully saturated rings. The van der Waals surface area contributed by atoms with Gasteiger partial charge in [0.15, 0.2) is 0 Å². The third-order valence-electron chi connectivity index (χ3n) is 5.30. The minimum atomic E-state index is -3.60. The van der Waals surface area contributed by atoms with E-state index in [9.17, 15) is 18.1 Å². The van der Waals surface area contributed by atoms with Crippen LogP contribution < -0.4 is 10.5 Å². The normalized spacial score (nSPS) is 12.1. The van der Waals surface area contributed by atoms with E-state index in [0.717, 1.165) is 12.8 Å². The molecule has 10 heteroatoms. The van der Waals surface area contributed by atoms with Gasteiger partial charge in [0.2, 0.25) is 0 Å². The van der Waals surface area contributed by atoms with Crippen LogP contribution in [0.5, 0.6) is 0 Å². The topological polar surface area (TPSA) is 117 Å². The molecular weight excluding hydrogens is 443 g/mol. The van der Waals surface area contributed by atoms with E-state index in [-0.39, 0.29) is 23.7 Å². The van der Waals surface area contributed by atoms with Gasteiger partial charge < -0.3 is 5.73 Å². The summed E-state index contributed by atoms with van der Waals surface area (Å²) in [6.07, 6.45) is 2.42. The van der Waals surface area contributed by atoms with Crippen molar-refractivity contribution in [2.45, 2.75) is 53.4 Å². The molecule has 0 radical (unpaired) electrons. The molecule has 8 nitrogen and oxygen atoms in total. The Morgan fingerprint density at radius 1 is 1.15 bits per heavy atom. The molecule has 1 heterocycles. The standard InChI is InChI=1S/C23H35FN6O2S/c1-17(2)11-14-29(15-12-18(3)4)33(31,32)27-13-5-6-22-21(16-25)23(26)30(28-22)20-9-7-19(24)8-10-20/h7-10,17-18,27H,5-6,11-15,26H2,1-4H3. The van der Waals surface area contributed by atoms with Gasteiger partial charge in [-0.05, 0) is 61.8 Å². The maximum absolute atomic E-state index is 13.2. The van der Waals surface area contributed by atoms with Crippen molar-refractivity contribution in [1.82, 2.24) is 18.8 Å². The molecule has 0 aliphatic carbocycles. The fraction of sp³-hybridized carbons (Fsp3) is 0.565. The summed E-state index contributed by atoms with van der Waals surface area (Å²) in [6, 6.07) is 7.71. The molecule has 2 aromatic rings. The van der Waals surface area contributed by atoms with Gasteiger partial charge in [0.25, 0.3) is 10.2 Å². The van der Waals surface area contributed by atoms with Crippen molar-refractivity contribution in [2.24, 2.45) is 11.8 Å². The van der Waals surface area contributed by atoms with Crippen LogP contribution in [0.15, 0.2) is 24.3 Å². The highest BCUT2D eigenvalue weighted by atomic mass is 32.2. The first-order chi connectivity index (χ1) is 15.5. The molecule has 0 atom stereocenters. The largest absolute Gasteiger partial charge is 0.382 e. The Morgan fingerprint density at radius 3 is 2.24 bits per heavy atom. The summed E-state index contributed by atoms with van der Waals surface area (Å²) in [4.78, 5) is 0. The molecule has 0 unspecified atom stereocenters. The molecule has 1 aromatic carbocycles. The molecule has 182 valence electrons. The highest BCUT2D eigenvalue weighted by Crippen LogP contribution is 2.22. The van der Waals surface area contributed by atoms with E-state index in [0.29, 0.717) is 49.1 Å². The summed E-state index contributed by atoms with van der Waals surface area (Å²) in [5.74, 6) is 0.613. The third-order valence-corrected chi connectivity index (χ3v) is 6.92. The predicted molar refractivity (Wildman–Crippen MR) is 128 cm³/mol. The van der Waals surface area contributed by atoms with Crippen LogP contribution in [0.4, 0.5) is 10.2 Å². The second-order valence-corrected chi connectivity index (χ2v) is 10.7. The fourth-order valence-electron chi connectivity index (χ4n) is 3.26. The molecule has 0 spiro atoms. The molecular formula is C23H35FN6O2S. The van der Waals surface area contributed by atoms with Crippen LogP contribution in [0.2, 0.25) is 0 Å². The van der Waals surface area contributed by atoms with Crippen LogP contribution >= 0.6 is 0 Å². The molecule has 0 saturated carbocycles. The number of nitrogen functional groups attached to an aromatic ring is 1. The molecule has 0 bridgehead atoms. The number of nitrogens with one attached hydrogen (secondary N) is 1. The van der Waals surface area contributed by atoms with Gasteiger partial charge in [0, 0.05) is 19.6 Å². The smallest absolute Gasteiger partial charge is 0.279 e. The maximum atomic E-state index is 13.2. The van der Waals surface area contributed by atoms with Gasteiger partial charge in [0.05, 0.1) is 11.4 Å². The second kappa shape index (κ2) is 12.1. The Balaban J connectivity index is 2.03. The van der Waals surface area contributed by atoms with E-state index in [1.807, 2.05) is 0 Å². The van der Waals surface area contributed by atoms with Crippen LogP contribution in [0.25, 0.3) is 5.69 Å². The van der Waals surface area contributed by atoms with Gasteiger partial charge >= 0.3 is 0 Å². The van der Waals surface area contributed by atoms with Crippen LogP contribution in [0.1, 0.15) is 58.2 Å². The number of rotatable bonds is 13. The summed E-state index contributed by atoms with van der Waals surface area (Å²) < 4.78 is 44.5. The third kappa shape index (κ3) is 7.81. The number of hydrogen-bond donors (Lipinski definition) is 2. The summed E-state index contributed by atoms with van der Waals surface area (Å²) >= 11 is 0. The number of aromatic nitrogens is 2. The van der Waals surface area contributed by atoms with Crippen molar-refractivity contribution in [2.75, 3.05) is 25.4 Å². The lowest BCUT2D eigenvalue weighted by Crippen LogP contribution is -2.42. The molecule has 0 saturated heterocycles. The number of nitrogens with zero attached hydrogens (tertiary/aromatic N) is 4.